The van der Waals surface area contributed by atoms with Crippen molar-refractivity contribution in [3.8, 4) is 0 Å². The van der Waals surface area contributed by atoms with Gasteiger partial charge in [-0.25, -0.2) is 9.78 Å². The van der Waals surface area contributed by atoms with Crippen LogP contribution in [0.5, 0.6) is 0 Å². The Bertz CT molecular complexity index is 499. The number of hydrogen-bond acceptors (Lipinski definition) is 5. The van der Waals surface area contributed by atoms with Crippen LogP contribution in [0.4, 0.5) is 0 Å². The van der Waals surface area contributed by atoms with Crippen molar-refractivity contribution in [3.63, 3.8) is 0 Å². The number of esters is 1. The molecule has 0 bridgehead atoms. The van der Waals surface area contributed by atoms with E-state index in [1.54, 1.807) is 18.3 Å². The number of nitrogens with one attached hydrogen (secondary N) is 1. The Labute approximate surface area is 133 Å². The highest BCUT2D eigenvalue weighted by Crippen LogP contribution is 2.23. The number of thioether (sulfide) groups is 1. The van der Waals surface area contributed by atoms with Crippen LogP contribution in [0.15, 0.2) is 23.4 Å². The molecule has 1 aromatic heterocycles. The van der Waals surface area contributed by atoms with Gasteiger partial charge in [0.2, 0.25) is 5.91 Å². The molecular weight excluding hydrogens is 312 g/mol. The van der Waals surface area contributed by atoms with E-state index in [1.165, 1.54) is 18.9 Å². The number of amides is 1. The Hall–Kier alpha value is -1.27. The van der Waals surface area contributed by atoms with E-state index in [4.69, 9.17) is 16.3 Å². The van der Waals surface area contributed by atoms with Crippen LogP contribution in [0.1, 0.15) is 20.3 Å². The minimum Gasteiger partial charge on any atom is -0.467 e. The van der Waals surface area contributed by atoms with Crippen LogP contribution in [0, 0.1) is 5.92 Å². The quantitative estimate of drug-likeness (QED) is 0.614. The van der Waals surface area contributed by atoms with E-state index >= 15 is 0 Å². The lowest BCUT2D eigenvalue weighted by Gasteiger charge is -2.21. The molecule has 2 unspecified atom stereocenters. The number of methoxy groups -OCH3 is 1. The van der Waals surface area contributed by atoms with Crippen molar-refractivity contribution in [1.82, 2.24) is 10.3 Å². The summed E-state index contributed by atoms with van der Waals surface area (Å²) in [5.74, 6) is -0.540. The van der Waals surface area contributed by atoms with Crippen molar-refractivity contribution >= 4 is 35.2 Å². The molecule has 0 aliphatic carbocycles. The molecule has 0 spiro atoms. The van der Waals surface area contributed by atoms with Gasteiger partial charge in [0, 0.05) is 6.20 Å². The fourth-order valence-electron chi connectivity index (χ4n) is 1.62. The lowest BCUT2D eigenvalue weighted by molar-refractivity contribution is -0.146. The van der Waals surface area contributed by atoms with Crippen LogP contribution in [-0.2, 0) is 14.3 Å². The van der Waals surface area contributed by atoms with Gasteiger partial charge in [0.05, 0.1) is 17.9 Å². The largest absolute Gasteiger partial charge is 0.467 e. The normalized spacial score (nSPS) is 13.3. The molecule has 0 aliphatic rings. The van der Waals surface area contributed by atoms with E-state index < -0.39 is 12.0 Å². The molecule has 21 heavy (non-hydrogen) atoms. The Balaban J connectivity index is 2.58. The highest BCUT2D eigenvalue weighted by atomic mass is 35.5. The molecule has 0 fully saturated rings. The van der Waals surface area contributed by atoms with Crippen molar-refractivity contribution in [1.29, 1.82) is 0 Å². The molecule has 0 saturated heterocycles. The van der Waals surface area contributed by atoms with Crippen molar-refractivity contribution in [2.45, 2.75) is 31.3 Å². The van der Waals surface area contributed by atoms with Crippen molar-refractivity contribution in [2.24, 2.45) is 5.92 Å². The molecular formula is C14H19ClN2O3S. The molecule has 1 heterocycles. The fraction of sp³-hybridized carbons (Fsp3) is 0.500. The Morgan fingerprint density at radius 3 is 2.81 bits per heavy atom. The van der Waals surface area contributed by atoms with Crippen LogP contribution in [0.2, 0.25) is 5.02 Å². The van der Waals surface area contributed by atoms with E-state index in [-0.39, 0.29) is 17.6 Å². The minimum atomic E-state index is -0.632. The van der Waals surface area contributed by atoms with Gasteiger partial charge in [-0.1, -0.05) is 43.6 Å². The lowest BCUT2D eigenvalue weighted by Crippen LogP contribution is -2.46. The molecule has 2 atom stereocenters. The van der Waals surface area contributed by atoms with Gasteiger partial charge in [0.15, 0.2) is 0 Å². The molecule has 1 rings (SSSR count). The first-order chi connectivity index (χ1) is 9.99. The SMILES string of the molecule is CCC(C)C(NC(=O)CSc1ncccc1Cl)C(=O)OC. The van der Waals surface area contributed by atoms with E-state index in [0.29, 0.717) is 10.0 Å². The first-order valence-electron chi connectivity index (χ1n) is 6.60. The third-order valence-corrected chi connectivity index (χ3v) is 4.47. The van der Waals surface area contributed by atoms with Gasteiger partial charge >= 0.3 is 5.97 Å². The van der Waals surface area contributed by atoms with Crippen LogP contribution < -0.4 is 5.32 Å². The number of carbonyl (C=O) groups excluding carboxylic acids is 2. The molecule has 5 nitrogen and oxygen atoms in total. The maximum atomic E-state index is 12.0. The zero-order valence-electron chi connectivity index (χ0n) is 12.3. The van der Waals surface area contributed by atoms with Gasteiger partial charge in [-0.15, -0.1) is 0 Å². The second kappa shape index (κ2) is 8.89. The average molecular weight is 331 g/mol. The van der Waals surface area contributed by atoms with Gasteiger partial charge < -0.3 is 10.1 Å². The summed E-state index contributed by atoms with van der Waals surface area (Å²) < 4.78 is 4.72. The Kier molecular flexibility index (Phi) is 7.53. The molecule has 0 saturated carbocycles. The maximum absolute atomic E-state index is 12.0. The molecule has 0 aromatic carbocycles. The van der Waals surface area contributed by atoms with Crippen molar-refractivity contribution in [2.75, 3.05) is 12.9 Å². The Morgan fingerprint density at radius 2 is 2.24 bits per heavy atom. The third-order valence-electron chi connectivity index (χ3n) is 3.05. The molecule has 7 heteroatoms. The predicted octanol–water partition coefficient (Wildman–Crippen LogP) is 2.53. The minimum absolute atomic E-state index is 0.00448. The number of aromatic nitrogens is 1. The lowest BCUT2D eigenvalue weighted by atomic mass is 9.99. The highest BCUT2D eigenvalue weighted by molar-refractivity contribution is 8.00. The van der Waals surface area contributed by atoms with E-state index in [9.17, 15) is 9.59 Å². The summed E-state index contributed by atoms with van der Waals surface area (Å²) >= 11 is 7.20. The van der Waals surface area contributed by atoms with Crippen molar-refractivity contribution in [3.05, 3.63) is 23.4 Å². The van der Waals surface area contributed by atoms with Crippen molar-refractivity contribution < 1.29 is 14.3 Å². The number of pyridine rings is 1. The van der Waals surface area contributed by atoms with Gasteiger partial charge in [0.1, 0.15) is 11.1 Å². The Morgan fingerprint density at radius 1 is 1.52 bits per heavy atom. The second-order valence-electron chi connectivity index (χ2n) is 4.53. The standard InChI is InChI=1S/C14H19ClN2O3S/c1-4-9(2)12(14(19)20-3)17-11(18)8-21-13-10(15)6-5-7-16-13/h5-7,9,12H,4,8H2,1-3H3,(H,17,18). The number of ether oxygens (including phenoxy) is 1. The summed E-state index contributed by atoms with van der Waals surface area (Å²) in [4.78, 5) is 27.8. The molecule has 116 valence electrons. The number of halogens is 1. The highest BCUT2D eigenvalue weighted by Gasteiger charge is 2.26. The number of rotatable bonds is 7. The summed E-state index contributed by atoms with van der Waals surface area (Å²) in [6.45, 7) is 3.85. The number of nitrogens with zero attached hydrogens (tertiary/aromatic N) is 1. The van der Waals surface area contributed by atoms with Crippen LogP contribution in [0.25, 0.3) is 0 Å². The van der Waals surface area contributed by atoms with Crippen LogP contribution in [0.3, 0.4) is 0 Å². The second-order valence-corrected chi connectivity index (χ2v) is 5.90. The molecule has 1 aromatic rings. The first-order valence-corrected chi connectivity index (χ1v) is 7.96. The van der Waals surface area contributed by atoms with E-state index in [2.05, 4.69) is 10.3 Å². The maximum Gasteiger partial charge on any atom is 0.328 e. The zero-order valence-corrected chi connectivity index (χ0v) is 13.8. The van der Waals surface area contributed by atoms with Gasteiger partial charge in [-0.2, -0.15) is 0 Å². The molecule has 1 N–H and O–H groups in total. The molecule has 0 aliphatic heterocycles. The number of carbonyl (C=O) groups is 2. The summed E-state index contributed by atoms with van der Waals surface area (Å²) in [5.41, 5.74) is 0. The summed E-state index contributed by atoms with van der Waals surface area (Å²) in [6, 6.07) is 2.81. The first kappa shape index (κ1) is 17.8. The van der Waals surface area contributed by atoms with Gasteiger partial charge in [-0.3, -0.25) is 4.79 Å². The molecule has 0 radical (unpaired) electrons. The van der Waals surface area contributed by atoms with Gasteiger partial charge in [-0.05, 0) is 18.1 Å². The van der Waals surface area contributed by atoms with Gasteiger partial charge in [0.25, 0.3) is 0 Å². The zero-order chi connectivity index (χ0) is 15.8. The average Bonchev–Trinajstić information content (AvgIpc) is 2.50. The third kappa shape index (κ3) is 5.55. The predicted molar refractivity (Wildman–Crippen MR) is 83.4 cm³/mol. The topological polar surface area (TPSA) is 68.3 Å². The van der Waals surface area contributed by atoms with Crippen LogP contribution >= 0.6 is 23.4 Å². The van der Waals surface area contributed by atoms with E-state index in [0.717, 1.165) is 6.42 Å². The van der Waals surface area contributed by atoms with E-state index in [1.807, 2.05) is 13.8 Å². The smallest absolute Gasteiger partial charge is 0.328 e. The molecule has 1 amide bonds. The summed E-state index contributed by atoms with van der Waals surface area (Å²) in [6.07, 6.45) is 2.38. The summed E-state index contributed by atoms with van der Waals surface area (Å²) in [7, 11) is 1.31. The van der Waals surface area contributed by atoms with Crippen LogP contribution in [-0.4, -0.2) is 35.8 Å². The fourth-order valence-corrected chi connectivity index (χ4v) is 2.60. The summed E-state index contributed by atoms with van der Waals surface area (Å²) in [5, 5.41) is 3.79. The number of hydrogen-bond donors (Lipinski definition) is 1. The monoisotopic (exact) mass is 330 g/mol.